The van der Waals surface area contributed by atoms with Gasteiger partial charge in [0.15, 0.2) is 11.5 Å². The SMILES string of the molecule is COc1ccc(CN(C(=O)O)c2cccc(F)c2)cc1O. The van der Waals surface area contributed by atoms with Crippen LogP contribution in [0.5, 0.6) is 11.5 Å². The topological polar surface area (TPSA) is 70.0 Å². The van der Waals surface area contributed by atoms with E-state index in [1.54, 1.807) is 6.07 Å². The van der Waals surface area contributed by atoms with E-state index in [4.69, 9.17) is 4.74 Å². The van der Waals surface area contributed by atoms with E-state index in [0.717, 1.165) is 11.0 Å². The van der Waals surface area contributed by atoms with E-state index in [-0.39, 0.29) is 18.0 Å². The molecule has 0 saturated carbocycles. The van der Waals surface area contributed by atoms with Crippen LogP contribution in [0.15, 0.2) is 42.5 Å². The number of hydrogen-bond acceptors (Lipinski definition) is 3. The minimum Gasteiger partial charge on any atom is -0.504 e. The third-order valence-electron chi connectivity index (χ3n) is 2.93. The average Bonchev–Trinajstić information content (AvgIpc) is 2.44. The van der Waals surface area contributed by atoms with Crippen molar-refractivity contribution >= 4 is 11.8 Å². The number of halogens is 1. The molecule has 0 spiro atoms. The molecule has 0 aliphatic rings. The first kappa shape index (κ1) is 14.6. The van der Waals surface area contributed by atoms with Crippen molar-refractivity contribution < 1.29 is 24.1 Å². The van der Waals surface area contributed by atoms with Gasteiger partial charge >= 0.3 is 6.09 Å². The Morgan fingerprint density at radius 2 is 2.05 bits per heavy atom. The molecule has 21 heavy (non-hydrogen) atoms. The number of hydrogen-bond donors (Lipinski definition) is 2. The zero-order chi connectivity index (χ0) is 15.4. The highest BCUT2D eigenvalue weighted by Crippen LogP contribution is 2.27. The fourth-order valence-electron chi connectivity index (χ4n) is 1.93. The molecule has 0 bridgehead atoms. The lowest BCUT2D eigenvalue weighted by atomic mass is 10.1. The molecular formula is C15H14FNO4. The molecule has 5 nitrogen and oxygen atoms in total. The maximum atomic E-state index is 13.2. The van der Waals surface area contributed by atoms with E-state index < -0.39 is 11.9 Å². The highest BCUT2D eigenvalue weighted by molar-refractivity contribution is 5.85. The number of phenolic OH excluding ortho intramolecular Hbond substituents is 1. The van der Waals surface area contributed by atoms with Gasteiger partial charge < -0.3 is 14.9 Å². The Kier molecular flexibility index (Phi) is 4.27. The second-order valence-corrected chi connectivity index (χ2v) is 4.35. The number of carbonyl (C=O) groups is 1. The third-order valence-corrected chi connectivity index (χ3v) is 2.93. The molecule has 0 saturated heterocycles. The predicted molar refractivity (Wildman–Crippen MR) is 75.3 cm³/mol. The number of ether oxygens (including phenoxy) is 1. The third kappa shape index (κ3) is 3.42. The number of methoxy groups -OCH3 is 1. The van der Waals surface area contributed by atoms with Crippen LogP contribution in [-0.2, 0) is 6.54 Å². The molecule has 2 N–H and O–H groups in total. The van der Waals surface area contributed by atoms with Crippen LogP contribution in [0.1, 0.15) is 5.56 Å². The van der Waals surface area contributed by atoms with E-state index in [0.29, 0.717) is 11.3 Å². The van der Waals surface area contributed by atoms with Crippen LogP contribution in [0.25, 0.3) is 0 Å². The molecule has 0 aliphatic heterocycles. The highest BCUT2D eigenvalue weighted by Gasteiger charge is 2.16. The van der Waals surface area contributed by atoms with Crippen molar-refractivity contribution in [1.82, 2.24) is 0 Å². The van der Waals surface area contributed by atoms with Crippen LogP contribution in [0.4, 0.5) is 14.9 Å². The van der Waals surface area contributed by atoms with Crippen molar-refractivity contribution in [2.45, 2.75) is 6.54 Å². The van der Waals surface area contributed by atoms with Crippen molar-refractivity contribution in [1.29, 1.82) is 0 Å². The van der Waals surface area contributed by atoms with E-state index in [9.17, 15) is 19.4 Å². The van der Waals surface area contributed by atoms with Gasteiger partial charge in [-0.25, -0.2) is 9.18 Å². The Bertz CT molecular complexity index is 660. The summed E-state index contributed by atoms with van der Waals surface area (Å²) in [7, 11) is 1.42. The van der Waals surface area contributed by atoms with Crippen molar-refractivity contribution in [3.8, 4) is 11.5 Å². The molecule has 0 fully saturated rings. The Balaban J connectivity index is 2.29. The van der Waals surface area contributed by atoms with Crippen LogP contribution in [0, 0.1) is 5.82 Å². The molecule has 1 amide bonds. The maximum absolute atomic E-state index is 13.2. The largest absolute Gasteiger partial charge is 0.504 e. The molecule has 110 valence electrons. The highest BCUT2D eigenvalue weighted by atomic mass is 19.1. The number of nitrogens with zero attached hydrogens (tertiary/aromatic N) is 1. The normalized spacial score (nSPS) is 10.2. The Morgan fingerprint density at radius 1 is 1.29 bits per heavy atom. The lowest BCUT2D eigenvalue weighted by Gasteiger charge is -2.19. The van der Waals surface area contributed by atoms with Gasteiger partial charge in [-0.3, -0.25) is 4.90 Å². The van der Waals surface area contributed by atoms with Crippen molar-refractivity contribution in [3.05, 3.63) is 53.8 Å². The summed E-state index contributed by atoms with van der Waals surface area (Å²) in [4.78, 5) is 12.3. The second kappa shape index (κ2) is 6.13. The summed E-state index contributed by atoms with van der Waals surface area (Å²) < 4.78 is 18.1. The molecular weight excluding hydrogens is 277 g/mol. The number of aromatic hydroxyl groups is 1. The fraction of sp³-hybridized carbons (Fsp3) is 0.133. The number of carboxylic acid groups (broad SMARTS) is 1. The summed E-state index contributed by atoms with van der Waals surface area (Å²) in [6, 6.07) is 9.89. The molecule has 6 heteroatoms. The van der Waals surface area contributed by atoms with Gasteiger partial charge in [0.2, 0.25) is 0 Å². The zero-order valence-electron chi connectivity index (χ0n) is 11.3. The van der Waals surface area contributed by atoms with Crippen LogP contribution in [0.3, 0.4) is 0 Å². The molecule has 0 unspecified atom stereocenters. The first-order valence-electron chi connectivity index (χ1n) is 6.13. The molecule has 0 aliphatic carbocycles. The standard InChI is InChI=1S/C15H14FNO4/c1-21-14-6-5-10(7-13(14)18)9-17(15(19)20)12-4-2-3-11(16)8-12/h2-8,18H,9H2,1H3,(H,19,20). The molecule has 2 rings (SSSR count). The zero-order valence-corrected chi connectivity index (χ0v) is 11.3. The second-order valence-electron chi connectivity index (χ2n) is 4.35. The van der Waals surface area contributed by atoms with E-state index in [1.807, 2.05) is 0 Å². The van der Waals surface area contributed by atoms with Gasteiger partial charge in [0.05, 0.1) is 19.3 Å². The first-order valence-corrected chi connectivity index (χ1v) is 6.13. The van der Waals surface area contributed by atoms with Gasteiger partial charge in [-0.2, -0.15) is 0 Å². The lowest BCUT2D eigenvalue weighted by Crippen LogP contribution is -2.28. The summed E-state index contributed by atoms with van der Waals surface area (Å²) in [5, 5.41) is 19.0. The van der Waals surface area contributed by atoms with E-state index in [2.05, 4.69) is 0 Å². The minimum atomic E-state index is -1.21. The molecule has 0 atom stereocenters. The fourth-order valence-corrected chi connectivity index (χ4v) is 1.93. The van der Waals surface area contributed by atoms with Gasteiger partial charge in [0, 0.05) is 0 Å². The van der Waals surface area contributed by atoms with Crippen LogP contribution < -0.4 is 9.64 Å². The summed E-state index contributed by atoms with van der Waals surface area (Å²) >= 11 is 0. The lowest BCUT2D eigenvalue weighted by molar-refractivity contribution is 0.201. The Hall–Kier alpha value is -2.76. The Morgan fingerprint density at radius 3 is 2.62 bits per heavy atom. The van der Waals surface area contributed by atoms with Crippen molar-refractivity contribution in [2.75, 3.05) is 12.0 Å². The van der Waals surface area contributed by atoms with Gasteiger partial charge in [-0.15, -0.1) is 0 Å². The van der Waals surface area contributed by atoms with Gasteiger partial charge in [0.25, 0.3) is 0 Å². The summed E-state index contributed by atoms with van der Waals surface area (Å²) in [5.74, 6) is -0.303. The maximum Gasteiger partial charge on any atom is 0.412 e. The predicted octanol–water partition coefficient (Wildman–Crippen LogP) is 3.22. The van der Waals surface area contributed by atoms with Crippen molar-refractivity contribution in [3.63, 3.8) is 0 Å². The molecule has 2 aromatic carbocycles. The van der Waals surface area contributed by atoms with Gasteiger partial charge in [0.1, 0.15) is 5.82 Å². The first-order chi connectivity index (χ1) is 10.0. The smallest absolute Gasteiger partial charge is 0.412 e. The summed E-state index contributed by atoms with van der Waals surface area (Å²) in [5.41, 5.74) is 0.776. The van der Waals surface area contributed by atoms with Gasteiger partial charge in [-0.1, -0.05) is 12.1 Å². The molecule has 0 radical (unpaired) electrons. The van der Waals surface area contributed by atoms with Crippen molar-refractivity contribution in [2.24, 2.45) is 0 Å². The van der Waals surface area contributed by atoms with E-state index in [1.165, 1.54) is 37.4 Å². The molecule has 0 heterocycles. The monoisotopic (exact) mass is 291 g/mol. The minimum absolute atomic E-state index is 0.0175. The number of amides is 1. The van der Waals surface area contributed by atoms with Crippen LogP contribution in [0.2, 0.25) is 0 Å². The van der Waals surface area contributed by atoms with Crippen LogP contribution >= 0.6 is 0 Å². The summed E-state index contributed by atoms with van der Waals surface area (Å²) in [6.07, 6.45) is -1.21. The summed E-state index contributed by atoms with van der Waals surface area (Å²) in [6.45, 7) is -0.0175. The number of phenols is 1. The van der Waals surface area contributed by atoms with E-state index >= 15 is 0 Å². The average molecular weight is 291 g/mol. The molecule has 2 aromatic rings. The number of rotatable bonds is 4. The quantitative estimate of drug-likeness (QED) is 0.907. The Labute approximate surface area is 120 Å². The number of anilines is 1. The number of benzene rings is 2. The molecule has 0 aromatic heterocycles. The van der Waals surface area contributed by atoms with Gasteiger partial charge in [-0.05, 0) is 35.9 Å². The van der Waals surface area contributed by atoms with Crippen LogP contribution in [-0.4, -0.2) is 23.4 Å².